The molecule has 2 unspecified atom stereocenters. The molecule has 1 aliphatic carbocycles. The summed E-state index contributed by atoms with van der Waals surface area (Å²) < 4.78 is 23.6. The van der Waals surface area contributed by atoms with Crippen molar-refractivity contribution in [2.24, 2.45) is 17.0 Å². The van der Waals surface area contributed by atoms with Crippen molar-refractivity contribution in [2.75, 3.05) is 18.0 Å². The van der Waals surface area contributed by atoms with E-state index in [0.29, 0.717) is 17.5 Å². The molecule has 3 rings (SSSR count). The molecule has 1 saturated carbocycles. The Bertz CT molecular complexity index is 690. The molecular formula is C14H19N3O4S. The normalized spacial score (nSPS) is 25.0. The number of nitrogens with two attached hydrogens (primary N) is 1. The number of nitro benzene ring substituents is 1. The van der Waals surface area contributed by atoms with Gasteiger partial charge in [-0.2, -0.15) is 0 Å². The number of nitro groups is 1. The topological polar surface area (TPSA) is 107 Å². The van der Waals surface area contributed by atoms with Gasteiger partial charge >= 0.3 is 0 Å². The van der Waals surface area contributed by atoms with E-state index in [1.807, 2.05) is 4.90 Å². The molecule has 2 aliphatic rings. The molecule has 0 aromatic heterocycles. The maximum atomic E-state index is 11.8. The van der Waals surface area contributed by atoms with E-state index in [0.717, 1.165) is 25.9 Å². The van der Waals surface area contributed by atoms with Crippen molar-refractivity contribution in [1.29, 1.82) is 0 Å². The minimum atomic E-state index is -3.91. The summed E-state index contributed by atoms with van der Waals surface area (Å²) >= 11 is 0. The molecule has 1 aromatic rings. The minimum Gasteiger partial charge on any atom is -0.370 e. The van der Waals surface area contributed by atoms with Gasteiger partial charge in [0, 0.05) is 25.2 Å². The van der Waals surface area contributed by atoms with Crippen LogP contribution in [0.2, 0.25) is 0 Å². The van der Waals surface area contributed by atoms with Crippen LogP contribution in [0.15, 0.2) is 23.1 Å². The van der Waals surface area contributed by atoms with Gasteiger partial charge in [0.1, 0.15) is 4.90 Å². The second-order valence-corrected chi connectivity index (χ2v) is 7.69. The lowest BCUT2D eigenvalue weighted by atomic mass is 9.82. The van der Waals surface area contributed by atoms with Gasteiger partial charge in [-0.1, -0.05) is 12.8 Å². The average Bonchev–Trinajstić information content (AvgIpc) is 2.89. The summed E-state index contributed by atoms with van der Waals surface area (Å²) in [6.07, 6.45) is 4.68. The number of anilines is 1. The van der Waals surface area contributed by atoms with Gasteiger partial charge in [-0.25, -0.2) is 13.6 Å². The van der Waals surface area contributed by atoms with Crippen LogP contribution < -0.4 is 10.0 Å². The van der Waals surface area contributed by atoms with Gasteiger partial charge in [0.2, 0.25) is 10.0 Å². The van der Waals surface area contributed by atoms with Gasteiger partial charge in [0.15, 0.2) is 0 Å². The number of sulfonamides is 1. The number of primary sulfonamides is 1. The third-order valence-electron chi connectivity index (χ3n) is 4.78. The summed E-state index contributed by atoms with van der Waals surface area (Å²) in [5, 5.41) is 16.3. The van der Waals surface area contributed by atoms with E-state index in [1.165, 1.54) is 31.0 Å². The van der Waals surface area contributed by atoms with Gasteiger partial charge < -0.3 is 4.90 Å². The summed E-state index contributed by atoms with van der Waals surface area (Å²) in [6.45, 7) is 1.49. The van der Waals surface area contributed by atoms with Crippen molar-refractivity contribution >= 4 is 21.4 Å². The van der Waals surface area contributed by atoms with Crippen LogP contribution in [0, 0.1) is 22.0 Å². The summed E-state index contributed by atoms with van der Waals surface area (Å²) in [6, 6.07) is 3.76. The fourth-order valence-electron chi connectivity index (χ4n) is 3.71. The standard InChI is InChI=1S/C14H19N3O4S/c15-22(20,21)14-6-5-12(17(18)19)7-13(14)16-8-10-3-1-2-4-11(10)9-16/h5-7,10-11H,1-4,8-9H2,(H2,15,20,21). The van der Waals surface area contributed by atoms with Gasteiger partial charge in [-0.15, -0.1) is 0 Å². The van der Waals surface area contributed by atoms with E-state index in [4.69, 9.17) is 5.14 Å². The molecule has 2 N–H and O–H groups in total. The van der Waals surface area contributed by atoms with E-state index in [1.54, 1.807) is 0 Å². The zero-order valence-electron chi connectivity index (χ0n) is 12.1. The average molecular weight is 325 g/mol. The second kappa shape index (κ2) is 5.51. The molecule has 7 nitrogen and oxygen atoms in total. The summed E-state index contributed by atoms with van der Waals surface area (Å²) in [5.74, 6) is 1.09. The Kier molecular flexibility index (Phi) is 3.82. The molecular weight excluding hydrogens is 306 g/mol. The zero-order valence-corrected chi connectivity index (χ0v) is 13.0. The van der Waals surface area contributed by atoms with E-state index in [2.05, 4.69) is 0 Å². The molecule has 1 aliphatic heterocycles. The highest BCUT2D eigenvalue weighted by molar-refractivity contribution is 7.89. The first-order chi connectivity index (χ1) is 10.4. The van der Waals surface area contributed by atoms with E-state index in [-0.39, 0.29) is 10.6 Å². The Morgan fingerprint density at radius 3 is 2.27 bits per heavy atom. The number of benzene rings is 1. The minimum absolute atomic E-state index is 0.0308. The Balaban J connectivity index is 2.00. The van der Waals surface area contributed by atoms with Crippen molar-refractivity contribution in [1.82, 2.24) is 0 Å². The van der Waals surface area contributed by atoms with Crippen LogP contribution in [-0.4, -0.2) is 26.4 Å². The van der Waals surface area contributed by atoms with Crippen molar-refractivity contribution in [3.63, 3.8) is 0 Å². The van der Waals surface area contributed by atoms with Crippen LogP contribution in [-0.2, 0) is 10.0 Å². The lowest BCUT2D eigenvalue weighted by Gasteiger charge is -2.22. The van der Waals surface area contributed by atoms with E-state index in [9.17, 15) is 18.5 Å². The molecule has 120 valence electrons. The maximum absolute atomic E-state index is 11.8. The van der Waals surface area contributed by atoms with E-state index < -0.39 is 14.9 Å². The predicted molar refractivity (Wildman–Crippen MR) is 82.1 cm³/mol. The first kappa shape index (κ1) is 15.2. The first-order valence-corrected chi connectivity index (χ1v) is 8.97. The highest BCUT2D eigenvalue weighted by atomic mass is 32.2. The third-order valence-corrected chi connectivity index (χ3v) is 5.74. The fraction of sp³-hybridized carbons (Fsp3) is 0.571. The van der Waals surface area contributed by atoms with Crippen LogP contribution in [0.25, 0.3) is 0 Å². The molecule has 22 heavy (non-hydrogen) atoms. The number of hydrogen-bond donors (Lipinski definition) is 1. The zero-order chi connectivity index (χ0) is 15.9. The number of rotatable bonds is 3. The van der Waals surface area contributed by atoms with Crippen LogP contribution in [0.5, 0.6) is 0 Å². The maximum Gasteiger partial charge on any atom is 0.271 e. The van der Waals surface area contributed by atoms with Gasteiger partial charge in [-0.05, 0) is 30.7 Å². The van der Waals surface area contributed by atoms with Crippen molar-refractivity contribution in [3.05, 3.63) is 28.3 Å². The fourth-order valence-corrected chi connectivity index (χ4v) is 4.45. The summed E-state index contributed by atoms with van der Waals surface area (Å²) in [4.78, 5) is 12.4. The second-order valence-electron chi connectivity index (χ2n) is 6.16. The smallest absolute Gasteiger partial charge is 0.271 e. The third kappa shape index (κ3) is 2.80. The molecule has 0 spiro atoms. The van der Waals surface area contributed by atoms with Gasteiger partial charge in [-0.3, -0.25) is 10.1 Å². The van der Waals surface area contributed by atoms with Crippen molar-refractivity contribution < 1.29 is 13.3 Å². The lowest BCUT2D eigenvalue weighted by Crippen LogP contribution is -2.24. The van der Waals surface area contributed by atoms with Gasteiger partial charge in [0.25, 0.3) is 5.69 Å². The molecule has 0 radical (unpaired) electrons. The summed E-state index contributed by atoms with van der Waals surface area (Å²) in [5.41, 5.74) is 0.253. The predicted octanol–water partition coefficient (Wildman–Crippen LogP) is 1.87. The highest BCUT2D eigenvalue weighted by Gasteiger charge is 2.36. The molecule has 1 aromatic carbocycles. The van der Waals surface area contributed by atoms with E-state index >= 15 is 0 Å². The molecule has 2 atom stereocenters. The monoisotopic (exact) mass is 325 g/mol. The Hall–Kier alpha value is -1.67. The number of non-ortho nitro benzene ring substituents is 1. The Morgan fingerprint density at radius 2 is 1.77 bits per heavy atom. The van der Waals surface area contributed by atoms with Crippen LogP contribution in [0.1, 0.15) is 25.7 Å². The van der Waals surface area contributed by atoms with Crippen LogP contribution in [0.4, 0.5) is 11.4 Å². The molecule has 8 heteroatoms. The molecule has 2 fully saturated rings. The number of hydrogen-bond acceptors (Lipinski definition) is 5. The highest BCUT2D eigenvalue weighted by Crippen LogP contribution is 2.40. The Labute approximate surface area is 129 Å². The number of nitrogens with zero attached hydrogens (tertiary/aromatic N) is 2. The Morgan fingerprint density at radius 1 is 1.18 bits per heavy atom. The van der Waals surface area contributed by atoms with Crippen LogP contribution in [0.3, 0.4) is 0 Å². The van der Waals surface area contributed by atoms with Crippen molar-refractivity contribution in [3.8, 4) is 0 Å². The molecule has 1 heterocycles. The quantitative estimate of drug-likeness (QED) is 0.674. The lowest BCUT2D eigenvalue weighted by molar-refractivity contribution is -0.384. The summed E-state index contributed by atoms with van der Waals surface area (Å²) in [7, 11) is -3.91. The largest absolute Gasteiger partial charge is 0.370 e. The SMILES string of the molecule is NS(=O)(=O)c1ccc([N+](=O)[O-])cc1N1CC2CCCCC2C1. The molecule has 0 amide bonds. The number of fused-ring (bicyclic) bond motifs is 1. The van der Waals surface area contributed by atoms with Gasteiger partial charge in [0.05, 0.1) is 10.6 Å². The van der Waals surface area contributed by atoms with Crippen LogP contribution >= 0.6 is 0 Å². The molecule has 1 saturated heterocycles. The molecule has 0 bridgehead atoms. The van der Waals surface area contributed by atoms with Crippen molar-refractivity contribution in [2.45, 2.75) is 30.6 Å². The first-order valence-electron chi connectivity index (χ1n) is 7.42.